The Morgan fingerprint density at radius 2 is 2.39 bits per heavy atom. The smallest absolute Gasteiger partial charge is 0.258 e. The Hall–Kier alpha value is -2.06. The van der Waals surface area contributed by atoms with E-state index in [1.54, 1.807) is 6.92 Å². The van der Waals surface area contributed by atoms with Gasteiger partial charge in [-0.25, -0.2) is 4.39 Å². The van der Waals surface area contributed by atoms with Crippen molar-refractivity contribution >= 4 is 5.91 Å². The lowest BCUT2D eigenvalue weighted by atomic mass is 10.1. The summed E-state index contributed by atoms with van der Waals surface area (Å²) in [5.74, 6) is 1.93. The molecule has 18 heavy (non-hydrogen) atoms. The van der Waals surface area contributed by atoms with E-state index in [0.717, 1.165) is 0 Å². The van der Waals surface area contributed by atoms with Crippen LogP contribution in [0.4, 0.5) is 4.39 Å². The number of rotatable bonds is 5. The van der Waals surface area contributed by atoms with Gasteiger partial charge < -0.3 is 15.8 Å². The molecule has 0 radical (unpaired) electrons. The van der Waals surface area contributed by atoms with Gasteiger partial charge in [0, 0.05) is 11.6 Å². The Morgan fingerprint density at radius 3 is 3.00 bits per heavy atom. The number of terminal acetylenes is 1. The molecule has 0 aromatic heterocycles. The maximum atomic E-state index is 13.1. The maximum Gasteiger partial charge on any atom is 0.258 e. The molecule has 0 saturated carbocycles. The summed E-state index contributed by atoms with van der Waals surface area (Å²) >= 11 is 0. The predicted molar refractivity (Wildman–Crippen MR) is 66.3 cm³/mol. The number of amides is 1. The normalized spacial score (nSPS) is 11.4. The molecule has 1 aromatic carbocycles. The van der Waals surface area contributed by atoms with E-state index in [1.165, 1.54) is 18.2 Å². The van der Waals surface area contributed by atoms with Crippen LogP contribution in [0.1, 0.15) is 18.5 Å². The molecule has 4 nitrogen and oxygen atoms in total. The number of halogens is 1. The van der Waals surface area contributed by atoms with Gasteiger partial charge in [0.1, 0.15) is 11.6 Å². The van der Waals surface area contributed by atoms with Gasteiger partial charge in [0.05, 0.1) is 6.54 Å². The fourth-order valence-electron chi connectivity index (χ4n) is 1.35. The van der Waals surface area contributed by atoms with Gasteiger partial charge in [-0.1, -0.05) is 5.92 Å². The monoisotopic (exact) mass is 250 g/mol. The van der Waals surface area contributed by atoms with Crippen LogP contribution in [-0.2, 0) is 4.79 Å². The van der Waals surface area contributed by atoms with Crippen molar-refractivity contribution in [3.63, 3.8) is 0 Å². The molecule has 0 spiro atoms. The van der Waals surface area contributed by atoms with Gasteiger partial charge in [-0.3, -0.25) is 4.79 Å². The van der Waals surface area contributed by atoms with E-state index in [4.69, 9.17) is 16.9 Å². The van der Waals surface area contributed by atoms with Crippen LogP contribution in [0.3, 0.4) is 0 Å². The van der Waals surface area contributed by atoms with Crippen molar-refractivity contribution < 1.29 is 13.9 Å². The summed E-state index contributed by atoms with van der Waals surface area (Å²) in [4.78, 5) is 11.3. The number of hydrogen-bond acceptors (Lipinski definition) is 3. The first-order valence-electron chi connectivity index (χ1n) is 5.42. The van der Waals surface area contributed by atoms with Gasteiger partial charge >= 0.3 is 0 Å². The Morgan fingerprint density at radius 1 is 1.67 bits per heavy atom. The molecule has 0 heterocycles. The summed E-state index contributed by atoms with van der Waals surface area (Å²) in [6, 6.07) is 3.60. The highest BCUT2D eigenvalue weighted by Crippen LogP contribution is 2.24. The molecule has 0 bridgehead atoms. The molecule has 0 unspecified atom stereocenters. The Kier molecular flexibility index (Phi) is 5.15. The lowest BCUT2D eigenvalue weighted by molar-refractivity contribution is -0.122. The molecule has 3 N–H and O–H groups in total. The highest BCUT2D eigenvalue weighted by Gasteiger charge is 2.11. The Balaban J connectivity index is 2.67. The molecule has 0 aliphatic heterocycles. The maximum absolute atomic E-state index is 13.1. The SMILES string of the molecule is C#CCNC(=O)COc1ccc(F)cc1[C@@H](C)N. The topological polar surface area (TPSA) is 64.3 Å². The van der Waals surface area contributed by atoms with Crippen LogP contribution in [0, 0.1) is 18.2 Å². The number of ether oxygens (including phenoxy) is 1. The minimum absolute atomic E-state index is 0.145. The first-order valence-corrected chi connectivity index (χ1v) is 5.42. The van der Waals surface area contributed by atoms with Crippen molar-refractivity contribution in [2.24, 2.45) is 5.73 Å². The highest BCUT2D eigenvalue weighted by atomic mass is 19.1. The Labute approximate surface area is 105 Å². The average molecular weight is 250 g/mol. The molecule has 0 fully saturated rings. The third-order valence-corrected chi connectivity index (χ3v) is 2.21. The number of carbonyl (C=O) groups is 1. The van der Waals surface area contributed by atoms with Crippen LogP contribution in [-0.4, -0.2) is 19.1 Å². The number of nitrogens with one attached hydrogen (secondary N) is 1. The van der Waals surface area contributed by atoms with Crippen molar-refractivity contribution in [2.45, 2.75) is 13.0 Å². The second-order valence-electron chi connectivity index (χ2n) is 3.74. The van der Waals surface area contributed by atoms with E-state index < -0.39 is 5.82 Å². The highest BCUT2D eigenvalue weighted by molar-refractivity contribution is 5.77. The summed E-state index contributed by atoms with van der Waals surface area (Å²) < 4.78 is 18.3. The van der Waals surface area contributed by atoms with Crippen molar-refractivity contribution in [1.29, 1.82) is 0 Å². The van der Waals surface area contributed by atoms with Gasteiger partial charge in [0.15, 0.2) is 6.61 Å². The summed E-state index contributed by atoms with van der Waals surface area (Å²) in [5.41, 5.74) is 6.21. The average Bonchev–Trinajstić information content (AvgIpc) is 2.34. The summed E-state index contributed by atoms with van der Waals surface area (Å²) in [5, 5.41) is 2.46. The first kappa shape index (κ1) is 14.0. The number of nitrogens with two attached hydrogens (primary N) is 1. The van der Waals surface area contributed by atoms with E-state index in [0.29, 0.717) is 11.3 Å². The zero-order chi connectivity index (χ0) is 13.5. The Bertz CT molecular complexity index is 467. The van der Waals surface area contributed by atoms with Crippen LogP contribution in [0.15, 0.2) is 18.2 Å². The molecule has 0 saturated heterocycles. The minimum atomic E-state index is -0.397. The van der Waals surface area contributed by atoms with Gasteiger partial charge in [-0.2, -0.15) is 0 Å². The van der Waals surface area contributed by atoms with Crippen LogP contribution >= 0.6 is 0 Å². The number of carbonyl (C=O) groups excluding carboxylic acids is 1. The standard InChI is InChI=1S/C13H15FN2O2/c1-3-6-16-13(17)8-18-12-5-4-10(14)7-11(12)9(2)15/h1,4-5,7,9H,6,8,15H2,2H3,(H,16,17)/t9-/m1/s1. The second-order valence-corrected chi connectivity index (χ2v) is 3.74. The van der Waals surface area contributed by atoms with E-state index in [-0.39, 0.29) is 25.1 Å². The zero-order valence-corrected chi connectivity index (χ0v) is 10.1. The molecular weight excluding hydrogens is 235 g/mol. The largest absolute Gasteiger partial charge is 0.483 e. The summed E-state index contributed by atoms with van der Waals surface area (Å²) in [7, 11) is 0. The molecular formula is C13H15FN2O2. The number of benzene rings is 1. The van der Waals surface area contributed by atoms with Crippen molar-refractivity contribution in [1.82, 2.24) is 5.32 Å². The third kappa shape index (κ3) is 4.07. The first-order chi connectivity index (χ1) is 8.54. The van der Waals surface area contributed by atoms with E-state index in [1.807, 2.05) is 0 Å². The summed E-state index contributed by atoms with van der Waals surface area (Å²) in [6.07, 6.45) is 5.00. The third-order valence-electron chi connectivity index (χ3n) is 2.21. The van der Waals surface area contributed by atoms with Crippen molar-refractivity contribution in [3.05, 3.63) is 29.6 Å². The zero-order valence-electron chi connectivity index (χ0n) is 10.1. The lowest BCUT2D eigenvalue weighted by Crippen LogP contribution is -2.29. The van der Waals surface area contributed by atoms with E-state index >= 15 is 0 Å². The van der Waals surface area contributed by atoms with Crippen LogP contribution in [0.25, 0.3) is 0 Å². The minimum Gasteiger partial charge on any atom is -0.483 e. The van der Waals surface area contributed by atoms with Gasteiger partial charge in [-0.05, 0) is 25.1 Å². The van der Waals surface area contributed by atoms with Gasteiger partial charge in [0.2, 0.25) is 0 Å². The fraction of sp³-hybridized carbons (Fsp3) is 0.308. The molecule has 96 valence electrons. The van der Waals surface area contributed by atoms with E-state index in [9.17, 15) is 9.18 Å². The quantitative estimate of drug-likeness (QED) is 0.765. The lowest BCUT2D eigenvalue weighted by Gasteiger charge is -2.13. The molecule has 1 amide bonds. The molecule has 1 rings (SSSR count). The fourth-order valence-corrected chi connectivity index (χ4v) is 1.35. The van der Waals surface area contributed by atoms with Crippen molar-refractivity contribution in [2.75, 3.05) is 13.2 Å². The van der Waals surface area contributed by atoms with Crippen LogP contribution < -0.4 is 15.8 Å². The molecule has 0 aliphatic rings. The predicted octanol–water partition coefficient (Wildman–Crippen LogP) is 0.974. The van der Waals surface area contributed by atoms with E-state index in [2.05, 4.69) is 11.2 Å². The molecule has 1 atom stereocenters. The van der Waals surface area contributed by atoms with Gasteiger partial charge in [-0.15, -0.1) is 6.42 Å². The molecule has 1 aromatic rings. The number of hydrogen-bond donors (Lipinski definition) is 2. The summed E-state index contributed by atoms with van der Waals surface area (Å²) in [6.45, 7) is 1.67. The van der Waals surface area contributed by atoms with Crippen molar-refractivity contribution in [3.8, 4) is 18.1 Å². The van der Waals surface area contributed by atoms with Gasteiger partial charge in [0.25, 0.3) is 5.91 Å². The molecule has 5 heteroatoms. The second kappa shape index (κ2) is 6.62. The molecule has 0 aliphatic carbocycles. The van der Waals surface area contributed by atoms with Crippen LogP contribution in [0.5, 0.6) is 5.75 Å². The van der Waals surface area contributed by atoms with Crippen LogP contribution in [0.2, 0.25) is 0 Å².